The number of piperazine rings is 1. The number of halogens is 3. The lowest BCUT2D eigenvalue weighted by Gasteiger charge is -2.34. The minimum atomic E-state index is -5.08. The zero-order valence-corrected chi connectivity index (χ0v) is 20.0. The maximum absolute atomic E-state index is 12.4. The van der Waals surface area contributed by atoms with Crippen molar-refractivity contribution in [1.29, 1.82) is 0 Å². The van der Waals surface area contributed by atoms with Gasteiger partial charge < -0.3 is 15.3 Å². The van der Waals surface area contributed by atoms with E-state index >= 15 is 0 Å². The molecule has 0 unspecified atom stereocenters. The molecule has 4 rings (SSSR count). The van der Waals surface area contributed by atoms with Gasteiger partial charge in [-0.3, -0.25) is 14.5 Å². The highest BCUT2D eigenvalue weighted by atomic mass is 32.1. The molecule has 0 saturated carbocycles. The molecule has 3 aromatic rings. The molecule has 35 heavy (non-hydrogen) atoms. The lowest BCUT2D eigenvalue weighted by Crippen LogP contribution is -2.48. The molecule has 0 atom stereocenters. The van der Waals surface area contributed by atoms with Crippen molar-refractivity contribution in [3.8, 4) is 0 Å². The van der Waals surface area contributed by atoms with Gasteiger partial charge in [-0.1, -0.05) is 24.3 Å². The normalized spacial score (nSPS) is 14.1. The van der Waals surface area contributed by atoms with Gasteiger partial charge in [0.05, 0.1) is 9.75 Å². The molecule has 186 valence electrons. The number of carbonyl (C=O) groups is 3. The fourth-order valence-corrected chi connectivity index (χ4v) is 4.58. The molecule has 1 saturated heterocycles. The largest absolute Gasteiger partial charge is 0.490 e. The second-order valence-corrected chi connectivity index (χ2v) is 9.38. The third-order valence-electron chi connectivity index (χ3n) is 4.97. The summed E-state index contributed by atoms with van der Waals surface area (Å²) < 4.78 is 31.7. The summed E-state index contributed by atoms with van der Waals surface area (Å²) in [6.45, 7) is 3.99. The van der Waals surface area contributed by atoms with Crippen LogP contribution in [0, 0.1) is 0 Å². The van der Waals surface area contributed by atoms with Crippen LogP contribution in [0.2, 0.25) is 0 Å². The van der Waals surface area contributed by atoms with Crippen molar-refractivity contribution in [3.05, 3.63) is 74.6 Å². The average molecular weight is 526 g/mol. The quantitative estimate of drug-likeness (QED) is 0.506. The van der Waals surface area contributed by atoms with Crippen LogP contribution in [-0.4, -0.2) is 65.0 Å². The van der Waals surface area contributed by atoms with Gasteiger partial charge in [0, 0.05) is 38.4 Å². The van der Waals surface area contributed by atoms with Crippen LogP contribution in [0.25, 0.3) is 0 Å². The summed E-state index contributed by atoms with van der Waals surface area (Å²) in [4.78, 5) is 39.4. The van der Waals surface area contributed by atoms with Crippen molar-refractivity contribution in [2.75, 3.05) is 31.5 Å². The highest BCUT2D eigenvalue weighted by Gasteiger charge is 2.38. The number of carbonyl (C=O) groups excluding carboxylic acids is 2. The molecule has 0 bridgehead atoms. The molecule has 1 aliphatic rings. The first-order chi connectivity index (χ1) is 16.6. The summed E-state index contributed by atoms with van der Waals surface area (Å²) in [6.07, 6.45) is -5.08. The van der Waals surface area contributed by atoms with E-state index in [4.69, 9.17) is 9.90 Å². The Balaban J connectivity index is 0.000000429. The van der Waals surface area contributed by atoms with E-state index in [1.807, 2.05) is 58.1 Å². The Kier molecular flexibility index (Phi) is 9.01. The summed E-state index contributed by atoms with van der Waals surface area (Å²) in [5.41, 5.74) is 1.96. The fourth-order valence-electron chi connectivity index (χ4n) is 3.27. The molecular weight excluding hydrogens is 503 g/mol. The topological polar surface area (TPSA) is 90.0 Å². The van der Waals surface area contributed by atoms with Crippen LogP contribution in [0.3, 0.4) is 0 Å². The second kappa shape index (κ2) is 12.0. The van der Waals surface area contributed by atoms with E-state index in [0.717, 1.165) is 48.9 Å². The second-order valence-electron chi connectivity index (χ2n) is 7.48. The molecule has 2 N–H and O–H groups in total. The van der Waals surface area contributed by atoms with Crippen molar-refractivity contribution in [3.63, 3.8) is 0 Å². The van der Waals surface area contributed by atoms with E-state index < -0.39 is 12.1 Å². The number of nitrogens with one attached hydrogen (secondary N) is 1. The molecule has 0 spiro atoms. The molecule has 12 heteroatoms. The van der Waals surface area contributed by atoms with Gasteiger partial charge in [0.15, 0.2) is 0 Å². The number of amides is 2. The van der Waals surface area contributed by atoms with E-state index in [9.17, 15) is 22.8 Å². The number of benzene rings is 1. The minimum Gasteiger partial charge on any atom is -0.475 e. The molecule has 3 heterocycles. The third-order valence-corrected chi connectivity index (χ3v) is 6.70. The monoisotopic (exact) mass is 525 g/mol. The van der Waals surface area contributed by atoms with Gasteiger partial charge in [0.1, 0.15) is 0 Å². The SMILES string of the molecule is O=C(Nc1cccc(CN2CCN(C(=O)c3cccs3)CC2)c1)c1cccs1.O=C(O)C(F)(F)F. The van der Waals surface area contributed by atoms with Crippen LogP contribution < -0.4 is 5.32 Å². The van der Waals surface area contributed by atoms with E-state index in [1.54, 1.807) is 0 Å². The number of hydrogen-bond donors (Lipinski definition) is 2. The zero-order chi connectivity index (χ0) is 25.4. The lowest BCUT2D eigenvalue weighted by molar-refractivity contribution is -0.192. The first-order valence-electron chi connectivity index (χ1n) is 10.4. The van der Waals surface area contributed by atoms with Crippen molar-refractivity contribution in [2.45, 2.75) is 12.7 Å². The van der Waals surface area contributed by atoms with Crippen LogP contribution >= 0.6 is 22.7 Å². The Morgan fingerprint density at radius 1 is 0.914 bits per heavy atom. The highest BCUT2D eigenvalue weighted by Crippen LogP contribution is 2.18. The van der Waals surface area contributed by atoms with Crippen LogP contribution in [0.4, 0.5) is 18.9 Å². The summed E-state index contributed by atoms with van der Waals surface area (Å²) in [5, 5.41) is 13.9. The van der Waals surface area contributed by atoms with Crippen LogP contribution in [0.15, 0.2) is 59.3 Å². The number of carboxylic acids is 1. The Bertz CT molecular complexity index is 1130. The highest BCUT2D eigenvalue weighted by molar-refractivity contribution is 7.12. The van der Waals surface area contributed by atoms with Gasteiger partial charge in [-0.2, -0.15) is 13.2 Å². The molecular formula is C23H22F3N3O4S2. The van der Waals surface area contributed by atoms with Gasteiger partial charge >= 0.3 is 12.1 Å². The van der Waals surface area contributed by atoms with Gasteiger partial charge in [0.25, 0.3) is 11.8 Å². The fraction of sp³-hybridized carbons (Fsp3) is 0.261. The standard InChI is InChI=1S/C21H21N3O2S2.C2HF3O2/c25-20(18-6-2-12-27-18)22-17-5-1-4-16(14-17)15-23-8-10-24(11-9-23)21(26)19-7-3-13-28-19;3-2(4,5)1(6)7/h1-7,12-14H,8-11,15H2,(H,22,25);(H,6,7). The van der Waals surface area contributed by atoms with Crippen LogP contribution in [-0.2, 0) is 11.3 Å². The van der Waals surface area contributed by atoms with Crippen molar-refractivity contribution in [2.24, 2.45) is 0 Å². The van der Waals surface area contributed by atoms with Crippen molar-refractivity contribution < 1.29 is 32.7 Å². The maximum Gasteiger partial charge on any atom is 0.490 e. The van der Waals surface area contributed by atoms with E-state index in [2.05, 4.69) is 16.3 Å². The first kappa shape index (κ1) is 26.4. The third kappa shape index (κ3) is 7.91. The average Bonchev–Trinajstić information content (AvgIpc) is 3.54. The van der Waals surface area contributed by atoms with Crippen molar-refractivity contribution >= 4 is 46.1 Å². The molecule has 1 aromatic carbocycles. The van der Waals surface area contributed by atoms with Gasteiger partial charge in [0.2, 0.25) is 0 Å². The lowest BCUT2D eigenvalue weighted by atomic mass is 10.1. The smallest absolute Gasteiger partial charge is 0.475 e. The minimum absolute atomic E-state index is 0.0761. The number of carboxylic acid groups (broad SMARTS) is 1. The summed E-state index contributed by atoms with van der Waals surface area (Å²) in [5.74, 6) is -2.70. The van der Waals surface area contributed by atoms with E-state index in [-0.39, 0.29) is 11.8 Å². The van der Waals surface area contributed by atoms with E-state index in [1.165, 1.54) is 22.7 Å². The predicted octanol–water partition coefficient (Wildman–Crippen LogP) is 4.65. The maximum atomic E-state index is 12.4. The predicted molar refractivity (Wildman–Crippen MR) is 128 cm³/mol. The number of alkyl halides is 3. The number of thiophene rings is 2. The van der Waals surface area contributed by atoms with Crippen LogP contribution in [0.5, 0.6) is 0 Å². The number of anilines is 1. The number of hydrogen-bond acceptors (Lipinski definition) is 6. The van der Waals surface area contributed by atoms with Gasteiger partial charge in [-0.25, -0.2) is 4.79 Å². The molecule has 1 aliphatic heterocycles. The summed E-state index contributed by atoms with van der Waals surface area (Å²) in [6, 6.07) is 15.5. The molecule has 7 nitrogen and oxygen atoms in total. The number of aliphatic carboxylic acids is 1. The Morgan fingerprint density at radius 3 is 2.06 bits per heavy atom. The Morgan fingerprint density at radius 2 is 1.51 bits per heavy atom. The first-order valence-corrected chi connectivity index (χ1v) is 12.2. The number of nitrogens with zero attached hydrogens (tertiary/aromatic N) is 2. The zero-order valence-electron chi connectivity index (χ0n) is 18.3. The summed E-state index contributed by atoms with van der Waals surface area (Å²) >= 11 is 2.93. The van der Waals surface area contributed by atoms with Gasteiger partial charge in [-0.05, 0) is 40.6 Å². The van der Waals surface area contributed by atoms with E-state index in [0.29, 0.717) is 4.88 Å². The number of rotatable bonds is 5. The molecule has 1 fully saturated rings. The molecule has 2 aromatic heterocycles. The van der Waals surface area contributed by atoms with Crippen LogP contribution in [0.1, 0.15) is 24.9 Å². The van der Waals surface area contributed by atoms with Crippen molar-refractivity contribution in [1.82, 2.24) is 9.80 Å². The summed E-state index contributed by atoms with van der Waals surface area (Å²) in [7, 11) is 0. The Hall–Kier alpha value is -3.22. The Labute approximate surface area is 207 Å². The molecule has 2 amide bonds. The van der Waals surface area contributed by atoms with Gasteiger partial charge in [-0.15, -0.1) is 22.7 Å². The molecule has 0 aliphatic carbocycles. The molecule has 0 radical (unpaired) electrons.